The van der Waals surface area contributed by atoms with Crippen molar-refractivity contribution < 1.29 is 35.1 Å². The SMILES string of the molecule is CCNCC.COc1c(/C=C/c2ccc(NS(C)(=O)=O)cc2)cc(-n2ccc(=O)[nH]c2=O)cc1C(C)(C)C.O.O.O.O. The molecule has 2 aromatic carbocycles. The molecule has 3 rings (SSSR count). The molecule has 238 valence electrons. The molecule has 0 saturated carbocycles. The molecular formula is C28H46N4O9S. The largest absolute Gasteiger partial charge is 0.496 e. The fourth-order valence-corrected chi connectivity index (χ4v) is 4.18. The van der Waals surface area contributed by atoms with Gasteiger partial charge in [-0.15, -0.1) is 0 Å². The van der Waals surface area contributed by atoms with Crippen LogP contribution in [0.1, 0.15) is 51.3 Å². The number of aromatic nitrogens is 2. The van der Waals surface area contributed by atoms with Gasteiger partial charge in [-0.25, -0.2) is 13.2 Å². The second-order valence-electron chi connectivity index (χ2n) is 9.63. The van der Waals surface area contributed by atoms with Crippen LogP contribution in [0, 0.1) is 0 Å². The van der Waals surface area contributed by atoms with E-state index in [1.165, 1.54) is 16.8 Å². The number of rotatable bonds is 8. The summed E-state index contributed by atoms with van der Waals surface area (Å²) in [5.41, 5.74) is 2.28. The molecule has 0 fully saturated rings. The van der Waals surface area contributed by atoms with Gasteiger partial charge in [0, 0.05) is 29.1 Å². The van der Waals surface area contributed by atoms with Gasteiger partial charge >= 0.3 is 5.69 Å². The number of nitrogens with one attached hydrogen (secondary N) is 3. The maximum Gasteiger partial charge on any atom is 0.332 e. The summed E-state index contributed by atoms with van der Waals surface area (Å²) >= 11 is 0. The number of anilines is 1. The molecule has 0 saturated heterocycles. The molecule has 1 heterocycles. The van der Waals surface area contributed by atoms with Crippen LogP contribution in [-0.2, 0) is 15.4 Å². The summed E-state index contributed by atoms with van der Waals surface area (Å²) in [6.45, 7) is 12.5. The minimum absolute atomic E-state index is 0. The molecule has 13 nitrogen and oxygen atoms in total. The van der Waals surface area contributed by atoms with Gasteiger partial charge in [-0.2, -0.15) is 0 Å². The van der Waals surface area contributed by atoms with E-state index in [-0.39, 0.29) is 27.3 Å². The summed E-state index contributed by atoms with van der Waals surface area (Å²) in [6, 6.07) is 11.9. The maximum atomic E-state index is 12.4. The first kappa shape index (κ1) is 42.7. The van der Waals surface area contributed by atoms with E-state index in [2.05, 4.69) is 28.9 Å². The van der Waals surface area contributed by atoms with Crippen LogP contribution in [0.3, 0.4) is 0 Å². The Bertz CT molecular complexity index is 1470. The molecule has 0 atom stereocenters. The van der Waals surface area contributed by atoms with Gasteiger partial charge in [-0.1, -0.05) is 58.9 Å². The number of methoxy groups -OCH3 is 1. The summed E-state index contributed by atoms with van der Waals surface area (Å²) in [5.74, 6) is 0.676. The van der Waals surface area contributed by atoms with E-state index in [1.54, 1.807) is 31.4 Å². The fourth-order valence-electron chi connectivity index (χ4n) is 3.62. The molecule has 0 unspecified atom stereocenters. The molecule has 0 aliphatic carbocycles. The van der Waals surface area contributed by atoms with Crippen LogP contribution in [0.5, 0.6) is 5.75 Å². The third kappa shape index (κ3) is 12.8. The van der Waals surface area contributed by atoms with Crippen molar-refractivity contribution in [1.82, 2.24) is 14.9 Å². The number of aromatic amines is 1. The van der Waals surface area contributed by atoms with Crippen molar-refractivity contribution in [2.24, 2.45) is 0 Å². The predicted octanol–water partition coefficient (Wildman–Crippen LogP) is 0.691. The molecule has 3 aromatic rings. The number of hydrogen-bond acceptors (Lipinski definition) is 6. The summed E-state index contributed by atoms with van der Waals surface area (Å²) < 4.78 is 32.3. The lowest BCUT2D eigenvalue weighted by Gasteiger charge is -2.25. The topological polar surface area (TPSA) is 248 Å². The summed E-state index contributed by atoms with van der Waals surface area (Å²) in [7, 11) is -1.75. The summed E-state index contributed by atoms with van der Waals surface area (Å²) in [6.07, 6.45) is 6.28. The monoisotopic (exact) mass is 614 g/mol. The van der Waals surface area contributed by atoms with Crippen LogP contribution in [0.4, 0.5) is 5.69 Å². The number of benzene rings is 2. The van der Waals surface area contributed by atoms with E-state index in [0.29, 0.717) is 17.1 Å². The van der Waals surface area contributed by atoms with Crippen molar-refractivity contribution in [3.8, 4) is 11.4 Å². The van der Waals surface area contributed by atoms with Gasteiger partial charge in [0.25, 0.3) is 5.56 Å². The van der Waals surface area contributed by atoms with Crippen LogP contribution in [0.15, 0.2) is 58.3 Å². The van der Waals surface area contributed by atoms with E-state index in [1.807, 2.05) is 45.1 Å². The van der Waals surface area contributed by atoms with E-state index in [0.717, 1.165) is 36.0 Å². The Kier molecular flexibility index (Phi) is 18.9. The smallest absolute Gasteiger partial charge is 0.332 e. The minimum Gasteiger partial charge on any atom is -0.496 e. The Balaban J connectivity index is -0.00000156. The van der Waals surface area contributed by atoms with Crippen LogP contribution < -0.4 is 26.0 Å². The number of H-pyrrole nitrogens is 1. The molecule has 0 spiro atoms. The Morgan fingerprint density at radius 1 is 0.929 bits per heavy atom. The quantitative estimate of drug-likeness (QED) is 0.308. The molecule has 0 amide bonds. The van der Waals surface area contributed by atoms with E-state index < -0.39 is 21.3 Å². The van der Waals surface area contributed by atoms with Gasteiger partial charge < -0.3 is 32.0 Å². The lowest BCUT2D eigenvalue weighted by Crippen LogP contribution is -2.28. The molecule has 0 aliphatic rings. The van der Waals surface area contributed by atoms with Crippen LogP contribution in [-0.4, -0.2) is 66.3 Å². The Morgan fingerprint density at radius 2 is 1.50 bits per heavy atom. The third-order valence-corrected chi connectivity index (χ3v) is 5.99. The number of hydrogen-bond donors (Lipinski definition) is 3. The average molecular weight is 615 g/mol. The number of ether oxygens (including phenoxy) is 1. The number of nitrogens with zero attached hydrogens (tertiary/aromatic N) is 1. The average Bonchev–Trinajstić information content (AvgIpc) is 2.82. The highest BCUT2D eigenvalue weighted by atomic mass is 32.2. The lowest BCUT2D eigenvalue weighted by atomic mass is 9.84. The summed E-state index contributed by atoms with van der Waals surface area (Å²) in [4.78, 5) is 26.2. The zero-order chi connectivity index (χ0) is 28.5. The van der Waals surface area contributed by atoms with Crippen molar-refractivity contribution in [2.75, 3.05) is 31.2 Å². The molecule has 42 heavy (non-hydrogen) atoms. The van der Waals surface area contributed by atoms with Crippen molar-refractivity contribution in [3.05, 3.63) is 86.2 Å². The predicted molar refractivity (Wildman–Crippen MR) is 170 cm³/mol. The molecule has 1 aromatic heterocycles. The highest BCUT2D eigenvalue weighted by molar-refractivity contribution is 7.92. The molecule has 14 heteroatoms. The molecule has 0 bridgehead atoms. The van der Waals surface area contributed by atoms with Crippen molar-refractivity contribution in [3.63, 3.8) is 0 Å². The highest BCUT2D eigenvalue weighted by Crippen LogP contribution is 2.37. The van der Waals surface area contributed by atoms with Gasteiger partial charge in [0.2, 0.25) is 10.0 Å². The number of sulfonamides is 1. The zero-order valence-corrected chi connectivity index (χ0v) is 25.9. The van der Waals surface area contributed by atoms with E-state index in [9.17, 15) is 18.0 Å². The highest BCUT2D eigenvalue weighted by Gasteiger charge is 2.22. The van der Waals surface area contributed by atoms with Gasteiger partial charge in [0.05, 0.1) is 19.1 Å². The van der Waals surface area contributed by atoms with Crippen molar-refractivity contribution in [1.29, 1.82) is 0 Å². The second-order valence-corrected chi connectivity index (χ2v) is 11.4. The van der Waals surface area contributed by atoms with Crippen molar-refractivity contribution in [2.45, 2.75) is 40.0 Å². The Hall–Kier alpha value is -3.79. The van der Waals surface area contributed by atoms with E-state index >= 15 is 0 Å². The Morgan fingerprint density at radius 3 is 1.93 bits per heavy atom. The minimum atomic E-state index is -3.34. The molecule has 0 radical (unpaired) electrons. The Labute approximate surface area is 246 Å². The second kappa shape index (κ2) is 18.6. The summed E-state index contributed by atoms with van der Waals surface area (Å²) in [5, 5.41) is 3.11. The van der Waals surface area contributed by atoms with Crippen LogP contribution in [0.2, 0.25) is 0 Å². The fraction of sp³-hybridized carbons (Fsp3) is 0.357. The van der Waals surface area contributed by atoms with Gasteiger partial charge in [-0.3, -0.25) is 19.1 Å². The van der Waals surface area contributed by atoms with Gasteiger partial charge in [0.1, 0.15) is 5.75 Å². The third-order valence-electron chi connectivity index (χ3n) is 5.39. The standard InChI is InChI=1S/C24H27N3O5S.C4H11N.4H2O/c1-24(2,3)20-15-19(27-13-12-21(28)25-23(27)29)14-17(22(20)32-4)9-6-16-7-10-18(11-8-16)26-33(5,30)31;1-3-5-4-2;;;;/h6-15,26H,1-5H3,(H,25,28,29);5H,3-4H2,1-2H3;4*1H2/b9-6+;;;;;. The normalized spacial score (nSPS) is 10.5. The molecular weight excluding hydrogens is 568 g/mol. The first-order valence-corrected chi connectivity index (χ1v) is 14.2. The zero-order valence-electron chi connectivity index (χ0n) is 25.1. The van der Waals surface area contributed by atoms with Crippen LogP contribution >= 0.6 is 0 Å². The van der Waals surface area contributed by atoms with Gasteiger partial charge in [0.15, 0.2) is 0 Å². The molecule has 0 aliphatic heterocycles. The first-order chi connectivity index (χ1) is 17.8. The van der Waals surface area contributed by atoms with Gasteiger partial charge in [-0.05, 0) is 48.3 Å². The maximum absolute atomic E-state index is 12.4. The molecule has 11 N–H and O–H groups in total. The van der Waals surface area contributed by atoms with Crippen LogP contribution in [0.25, 0.3) is 17.8 Å². The lowest BCUT2D eigenvalue weighted by molar-refractivity contribution is 0.396. The van der Waals surface area contributed by atoms with E-state index in [4.69, 9.17) is 4.74 Å². The first-order valence-electron chi connectivity index (χ1n) is 12.3. The van der Waals surface area contributed by atoms with Crippen molar-refractivity contribution >= 4 is 27.9 Å².